The summed E-state index contributed by atoms with van der Waals surface area (Å²) in [5, 5.41) is 11.3. The summed E-state index contributed by atoms with van der Waals surface area (Å²) < 4.78 is 1.23. The normalized spacial score (nSPS) is 10.0. The molecule has 0 atom stereocenters. The minimum absolute atomic E-state index is 0.189. The molecular weight excluding hydrogens is 341 g/mol. The van der Waals surface area contributed by atoms with Crippen molar-refractivity contribution in [2.75, 3.05) is 5.33 Å². The van der Waals surface area contributed by atoms with Crippen LogP contribution in [0.1, 0.15) is 5.56 Å². The van der Waals surface area contributed by atoms with Gasteiger partial charge in [-0.15, -0.1) is 0 Å². The maximum absolute atomic E-state index is 10.5. The topological polar surface area (TPSA) is 43.1 Å². The van der Waals surface area contributed by atoms with Gasteiger partial charge in [-0.25, -0.2) is 0 Å². The quantitative estimate of drug-likeness (QED) is 0.355. The molecule has 0 heterocycles. The summed E-state index contributed by atoms with van der Waals surface area (Å²) >= 11 is 4.33. The van der Waals surface area contributed by atoms with Crippen molar-refractivity contribution in [3.05, 3.63) is 33.9 Å². The van der Waals surface area contributed by atoms with Crippen LogP contribution >= 0.6 is 15.9 Å². The van der Waals surface area contributed by atoms with Crippen molar-refractivity contribution >= 4 is 47.7 Å². The van der Waals surface area contributed by atoms with E-state index in [4.69, 9.17) is 0 Å². The SMILES string of the molecule is O=[N+]([O-])c1cc[c]([SnH])c(CCBr)c1. The summed E-state index contributed by atoms with van der Waals surface area (Å²) in [5.41, 5.74) is 1.28. The first-order valence-electron chi connectivity index (χ1n) is 3.74. The second kappa shape index (κ2) is 4.95. The summed E-state index contributed by atoms with van der Waals surface area (Å²) in [6.07, 6.45) is 0.859. The van der Waals surface area contributed by atoms with Gasteiger partial charge in [-0.3, -0.25) is 0 Å². The van der Waals surface area contributed by atoms with Gasteiger partial charge in [-0.1, -0.05) is 0 Å². The van der Waals surface area contributed by atoms with E-state index in [9.17, 15) is 10.1 Å². The Morgan fingerprint density at radius 2 is 2.23 bits per heavy atom. The number of non-ortho nitro benzene ring substituents is 1. The molecule has 1 aromatic carbocycles. The van der Waals surface area contributed by atoms with Gasteiger partial charge in [-0.2, -0.15) is 0 Å². The monoisotopic (exact) mass is 349 g/mol. The molecule has 3 nitrogen and oxygen atoms in total. The first-order chi connectivity index (χ1) is 6.15. The fourth-order valence-corrected chi connectivity index (χ4v) is 2.38. The van der Waals surface area contributed by atoms with Crippen molar-refractivity contribution in [2.24, 2.45) is 0 Å². The Balaban J connectivity index is 3.03. The average Bonchev–Trinajstić information content (AvgIpc) is 2.08. The van der Waals surface area contributed by atoms with Gasteiger partial charge < -0.3 is 0 Å². The number of halogens is 1. The fraction of sp³-hybridized carbons (Fsp3) is 0.250. The molecule has 0 spiro atoms. The molecule has 0 saturated carbocycles. The summed E-state index contributed by atoms with van der Waals surface area (Å²) in [5.74, 6) is 0. The number of nitro benzene ring substituents is 1. The molecule has 13 heavy (non-hydrogen) atoms. The van der Waals surface area contributed by atoms with E-state index in [0.717, 1.165) is 39.8 Å². The van der Waals surface area contributed by atoms with Crippen LogP contribution in [0.15, 0.2) is 18.2 Å². The molecule has 5 heteroatoms. The van der Waals surface area contributed by atoms with Gasteiger partial charge in [0.05, 0.1) is 0 Å². The molecule has 0 N–H and O–H groups in total. The fourth-order valence-electron chi connectivity index (χ4n) is 1.02. The zero-order chi connectivity index (χ0) is 9.84. The Labute approximate surface area is 97.9 Å². The number of alkyl halides is 1. The van der Waals surface area contributed by atoms with Gasteiger partial charge in [0.15, 0.2) is 0 Å². The van der Waals surface area contributed by atoms with Gasteiger partial charge in [0.25, 0.3) is 0 Å². The van der Waals surface area contributed by atoms with E-state index < -0.39 is 0 Å². The van der Waals surface area contributed by atoms with E-state index in [1.165, 1.54) is 3.58 Å². The zero-order valence-corrected chi connectivity index (χ0v) is 11.7. The molecule has 0 aromatic heterocycles. The summed E-state index contributed by atoms with van der Waals surface area (Å²) in [4.78, 5) is 10.1. The molecule has 1 rings (SSSR count). The summed E-state index contributed by atoms with van der Waals surface area (Å²) in [7, 11) is 0. The predicted molar refractivity (Wildman–Crippen MR) is 57.4 cm³/mol. The van der Waals surface area contributed by atoms with Crippen LogP contribution in [0.3, 0.4) is 0 Å². The van der Waals surface area contributed by atoms with E-state index in [2.05, 4.69) is 15.9 Å². The first kappa shape index (κ1) is 11.0. The van der Waals surface area contributed by atoms with Crippen LogP contribution in [-0.4, -0.2) is 32.8 Å². The molecule has 0 aliphatic rings. The number of hydrogen-bond acceptors (Lipinski definition) is 2. The van der Waals surface area contributed by atoms with Crippen LogP contribution in [0.5, 0.6) is 0 Å². The standard InChI is InChI=1S/C8H7BrNO2.Sn.H/c9-5-4-7-2-1-3-8(6-7)10(11)12;;/h1,3,6H,4-5H2;;. The van der Waals surface area contributed by atoms with E-state index in [1.54, 1.807) is 12.1 Å². The van der Waals surface area contributed by atoms with Crippen molar-refractivity contribution in [1.82, 2.24) is 0 Å². The molecule has 2 radical (unpaired) electrons. The number of rotatable bonds is 3. The molecule has 0 aliphatic heterocycles. The molecule has 0 unspecified atom stereocenters. The van der Waals surface area contributed by atoms with E-state index in [0.29, 0.717) is 0 Å². The van der Waals surface area contributed by atoms with Crippen LogP contribution < -0.4 is 3.58 Å². The second-order valence-electron chi connectivity index (χ2n) is 2.58. The van der Waals surface area contributed by atoms with Crippen molar-refractivity contribution in [1.29, 1.82) is 0 Å². The minimum atomic E-state index is -0.349. The predicted octanol–water partition coefficient (Wildman–Crippen LogP) is 1.06. The molecule has 1 aromatic rings. The Morgan fingerprint density at radius 1 is 1.54 bits per heavy atom. The van der Waals surface area contributed by atoms with Crippen LogP contribution in [0.2, 0.25) is 0 Å². The van der Waals surface area contributed by atoms with E-state index in [-0.39, 0.29) is 10.6 Å². The third-order valence-corrected chi connectivity index (χ3v) is 3.71. The molecule has 68 valence electrons. The molecule has 0 amide bonds. The van der Waals surface area contributed by atoms with Gasteiger partial charge in [0.2, 0.25) is 0 Å². The Morgan fingerprint density at radius 3 is 2.77 bits per heavy atom. The molecular formula is C8H8BrNO2Sn. The first-order valence-corrected chi connectivity index (χ1v) is 6.51. The number of nitrogens with zero attached hydrogens (tertiary/aromatic N) is 1. The number of hydrogen-bond donors (Lipinski definition) is 0. The Hall–Kier alpha value is -0.101. The number of nitro groups is 1. The Kier molecular flexibility index (Phi) is 4.18. The third kappa shape index (κ3) is 2.94. The molecule has 0 fully saturated rings. The number of aryl methyl sites for hydroxylation is 1. The molecule has 0 bridgehead atoms. The van der Waals surface area contributed by atoms with Gasteiger partial charge >= 0.3 is 98.3 Å². The van der Waals surface area contributed by atoms with Gasteiger partial charge in [-0.05, 0) is 0 Å². The van der Waals surface area contributed by atoms with Crippen LogP contribution in [0.4, 0.5) is 5.69 Å². The van der Waals surface area contributed by atoms with Crippen LogP contribution in [0.25, 0.3) is 0 Å². The van der Waals surface area contributed by atoms with Gasteiger partial charge in [0, 0.05) is 0 Å². The van der Waals surface area contributed by atoms with Crippen molar-refractivity contribution < 1.29 is 4.92 Å². The number of benzene rings is 1. The van der Waals surface area contributed by atoms with E-state index in [1.807, 2.05) is 6.07 Å². The summed E-state index contributed by atoms with van der Waals surface area (Å²) in [6.45, 7) is 0. The third-order valence-electron chi connectivity index (χ3n) is 1.70. The molecule has 0 saturated heterocycles. The van der Waals surface area contributed by atoms with Crippen LogP contribution in [0, 0.1) is 10.1 Å². The molecule has 0 aliphatic carbocycles. The van der Waals surface area contributed by atoms with Gasteiger partial charge in [0.1, 0.15) is 0 Å². The zero-order valence-electron chi connectivity index (χ0n) is 6.87. The van der Waals surface area contributed by atoms with Crippen molar-refractivity contribution in [2.45, 2.75) is 6.42 Å². The van der Waals surface area contributed by atoms with E-state index >= 15 is 0 Å². The second-order valence-corrected chi connectivity index (χ2v) is 5.15. The van der Waals surface area contributed by atoms with Crippen LogP contribution in [-0.2, 0) is 6.42 Å². The maximum atomic E-state index is 10.5. The van der Waals surface area contributed by atoms with Crippen molar-refractivity contribution in [3.63, 3.8) is 0 Å². The van der Waals surface area contributed by atoms with Crippen molar-refractivity contribution in [3.8, 4) is 0 Å². The summed E-state index contributed by atoms with van der Waals surface area (Å²) in [6, 6.07) is 5.08. The Bertz CT molecular complexity index is 330. The average molecular weight is 349 g/mol.